The van der Waals surface area contributed by atoms with Crippen LogP contribution in [0, 0.1) is 0 Å². The molecule has 0 aromatic heterocycles. The lowest BCUT2D eigenvalue weighted by Crippen LogP contribution is -2.18. The van der Waals surface area contributed by atoms with E-state index in [0.29, 0.717) is 0 Å². The predicted molar refractivity (Wildman–Crippen MR) is 75.9 cm³/mol. The highest BCUT2D eigenvalue weighted by atomic mass is 16.7. The van der Waals surface area contributed by atoms with Crippen LogP contribution in [0.15, 0.2) is 30.3 Å². The van der Waals surface area contributed by atoms with Gasteiger partial charge in [0.15, 0.2) is 0 Å². The van der Waals surface area contributed by atoms with Crippen LogP contribution in [-0.2, 0) is 16.1 Å². The molecule has 0 saturated heterocycles. The van der Waals surface area contributed by atoms with Crippen molar-refractivity contribution in [2.45, 2.75) is 58.7 Å². The van der Waals surface area contributed by atoms with Gasteiger partial charge in [-0.25, -0.2) is 4.79 Å². The van der Waals surface area contributed by atoms with E-state index < -0.39 is 6.16 Å². The molecule has 106 valence electrons. The molecular weight excluding hydrogens is 240 g/mol. The van der Waals surface area contributed by atoms with E-state index in [9.17, 15) is 4.79 Å². The van der Waals surface area contributed by atoms with Crippen molar-refractivity contribution < 1.29 is 14.3 Å². The van der Waals surface area contributed by atoms with Crippen molar-refractivity contribution in [1.29, 1.82) is 0 Å². The van der Waals surface area contributed by atoms with E-state index in [1.54, 1.807) is 0 Å². The van der Waals surface area contributed by atoms with Crippen molar-refractivity contribution in [2.24, 2.45) is 0 Å². The fraction of sp³-hybridized carbons (Fsp3) is 0.562. The van der Waals surface area contributed by atoms with Crippen LogP contribution in [0.4, 0.5) is 4.79 Å². The van der Waals surface area contributed by atoms with E-state index in [4.69, 9.17) is 9.47 Å². The minimum absolute atomic E-state index is 0.0187. The van der Waals surface area contributed by atoms with Crippen LogP contribution in [0.2, 0.25) is 0 Å². The van der Waals surface area contributed by atoms with Crippen molar-refractivity contribution in [3.8, 4) is 0 Å². The van der Waals surface area contributed by atoms with E-state index in [1.165, 1.54) is 12.8 Å². The maximum atomic E-state index is 11.6. The molecule has 19 heavy (non-hydrogen) atoms. The summed E-state index contributed by atoms with van der Waals surface area (Å²) in [6.45, 7) is 4.46. The Kier molecular flexibility index (Phi) is 7.71. The van der Waals surface area contributed by atoms with Crippen LogP contribution >= 0.6 is 0 Å². The average Bonchev–Trinajstić information content (AvgIpc) is 2.45. The highest BCUT2D eigenvalue weighted by Gasteiger charge is 2.13. The van der Waals surface area contributed by atoms with E-state index in [1.807, 2.05) is 37.3 Å². The Hall–Kier alpha value is -1.51. The maximum Gasteiger partial charge on any atom is 0.508 e. The molecule has 0 saturated carbocycles. The lowest BCUT2D eigenvalue weighted by Gasteiger charge is -2.15. The van der Waals surface area contributed by atoms with Crippen molar-refractivity contribution in [3.05, 3.63) is 35.9 Å². The number of carbonyl (C=O) groups is 1. The molecule has 0 N–H and O–H groups in total. The molecule has 0 aliphatic heterocycles. The Labute approximate surface area is 115 Å². The van der Waals surface area contributed by atoms with Gasteiger partial charge in [-0.05, 0) is 24.8 Å². The molecule has 0 aliphatic carbocycles. The zero-order valence-corrected chi connectivity index (χ0v) is 11.9. The van der Waals surface area contributed by atoms with Crippen molar-refractivity contribution in [3.63, 3.8) is 0 Å². The molecule has 3 heteroatoms. The Bertz CT molecular complexity index is 348. The fourth-order valence-corrected chi connectivity index (χ4v) is 1.85. The van der Waals surface area contributed by atoms with Crippen LogP contribution < -0.4 is 0 Å². The van der Waals surface area contributed by atoms with Gasteiger partial charge in [0.25, 0.3) is 0 Å². The highest BCUT2D eigenvalue weighted by Crippen LogP contribution is 2.11. The van der Waals surface area contributed by atoms with Gasteiger partial charge in [-0.2, -0.15) is 0 Å². The largest absolute Gasteiger partial charge is 0.508 e. The third kappa shape index (κ3) is 6.85. The van der Waals surface area contributed by atoms with Gasteiger partial charge in [-0.3, -0.25) is 0 Å². The van der Waals surface area contributed by atoms with Gasteiger partial charge in [-0.1, -0.05) is 57.0 Å². The second-order valence-corrected chi connectivity index (χ2v) is 4.67. The first-order valence-electron chi connectivity index (χ1n) is 7.13. The van der Waals surface area contributed by atoms with Crippen LogP contribution in [0.1, 0.15) is 51.5 Å². The first kappa shape index (κ1) is 15.5. The minimum atomic E-state index is -0.563. The molecule has 1 rings (SSSR count). The summed E-state index contributed by atoms with van der Waals surface area (Å²) < 4.78 is 10.4. The van der Waals surface area contributed by atoms with Crippen molar-refractivity contribution in [1.82, 2.24) is 0 Å². The summed E-state index contributed by atoms with van der Waals surface area (Å²) in [7, 11) is 0. The number of hydrogen-bond acceptors (Lipinski definition) is 3. The minimum Gasteiger partial charge on any atom is -0.431 e. The van der Waals surface area contributed by atoms with Crippen LogP contribution in [0.3, 0.4) is 0 Å². The molecule has 3 nitrogen and oxygen atoms in total. The molecule has 0 aliphatic rings. The molecule has 0 heterocycles. The molecule has 1 atom stereocenters. The normalized spacial score (nSPS) is 11.9. The first-order valence-corrected chi connectivity index (χ1v) is 7.13. The summed E-state index contributed by atoms with van der Waals surface area (Å²) in [4.78, 5) is 11.6. The highest BCUT2D eigenvalue weighted by molar-refractivity contribution is 5.60. The van der Waals surface area contributed by atoms with Crippen LogP contribution in [0.25, 0.3) is 0 Å². The zero-order chi connectivity index (χ0) is 13.9. The second kappa shape index (κ2) is 9.42. The van der Waals surface area contributed by atoms with Crippen LogP contribution in [0.5, 0.6) is 0 Å². The van der Waals surface area contributed by atoms with Crippen molar-refractivity contribution in [2.75, 3.05) is 0 Å². The van der Waals surface area contributed by atoms with E-state index >= 15 is 0 Å². The maximum absolute atomic E-state index is 11.6. The summed E-state index contributed by atoms with van der Waals surface area (Å²) in [5.74, 6) is 0. The third-order valence-corrected chi connectivity index (χ3v) is 3.05. The molecule has 0 bridgehead atoms. The lowest BCUT2D eigenvalue weighted by atomic mass is 10.1. The summed E-state index contributed by atoms with van der Waals surface area (Å²) in [5.41, 5.74) is 0.971. The predicted octanol–water partition coefficient (Wildman–Crippen LogP) is 4.70. The topological polar surface area (TPSA) is 35.5 Å². The molecule has 0 spiro atoms. The van der Waals surface area contributed by atoms with Gasteiger partial charge in [0, 0.05) is 0 Å². The number of hydrogen-bond donors (Lipinski definition) is 0. The quantitative estimate of drug-likeness (QED) is 0.504. The van der Waals surface area contributed by atoms with Gasteiger partial charge in [-0.15, -0.1) is 0 Å². The van der Waals surface area contributed by atoms with Gasteiger partial charge in [0.2, 0.25) is 0 Å². The Morgan fingerprint density at radius 1 is 1.16 bits per heavy atom. The van der Waals surface area contributed by atoms with E-state index in [-0.39, 0.29) is 12.7 Å². The SMILES string of the molecule is CCCCCC(CC)OC(=O)OCc1ccccc1. The standard InChI is InChI=1S/C16H24O3/c1-3-5-7-12-15(4-2)19-16(17)18-13-14-10-8-6-9-11-14/h6,8-11,15H,3-5,7,12-13H2,1-2H3. The third-order valence-electron chi connectivity index (χ3n) is 3.05. The number of unbranched alkanes of at least 4 members (excludes halogenated alkanes) is 2. The van der Waals surface area contributed by atoms with Crippen molar-refractivity contribution >= 4 is 6.16 Å². The monoisotopic (exact) mass is 264 g/mol. The lowest BCUT2D eigenvalue weighted by molar-refractivity contribution is 0.0144. The Morgan fingerprint density at radius 3 is 2.53 bits per heavy atom. The molecule has 0 fully saturated rings. The summed E-state index contributed by atoms with van der Waals surface area (Å²) >= 11 is 0. The molecule has 0 amide bonds. The van der Waals surface area contributed by atoms with Gasteiger partial charge in [0.1, 0.15) is 12.7 Å². The molecular formula is C16H24O3. The van der Waals surface area contributed by atoms with E-state index in [0.717, 1.165) is 24.8 Å². The van der Waals surface area contributed by atoms with Gasteiger partial charge in [0.05, 0.1) is 0 Å². The molecule has 1 aromatic carbocycles. The number of rotatable bonds is 8. The fourth-order valence-electron chi connectivity index (χ4n) is 1.85. The second-order valence-electron chi connectivity index (χ2n) is 4.67. The summed E-state index contributed by atoms with van der Waals surface area (Å²) in [6, 6.07) is 9.62. The number of carbonyl (C=O) groups excluding carboxylic acids is 1. The van der Waals surface area contributed by atoms with E-state index in [2.05, 4.69) is 6.92 Å². The van der Waals surface area contributed by atoms with Crippen LogP contribution in [-0.4, -0.2) is 12.3 Å². The number of benzene rings is 1. The molecule has 1 unspecified atom stereocenters. The molecule has 0 radical (unpaired) electrons. The van der Waals surface area contributed by atoms with Gasteiger partial charge < -0.3 is 9.47 Å². The summed E-state index contributed by atoms with van der Waals surface area (Å²) in [6.07, 6.45) is 4.63. The average molecular weight is 264 g/mol. The zero-order valence-electron chi connectivity index (χ0n) is 11.9. The Morgan fingerprint density at radius 2 is 1.89 bits per heavy atom. The Balaban J connectivity index is 2.25. The summed E-state index contributed by atoms with van der Waals surface area (Å²) in [5, 5.41) is 0. The molecule has 1 aromatic rings. The van der Waals surface area contributed by atoms with Gasteiger partial charge >= 0.3 is 6.16 Å². The first-order chi connectivity index (χ1) is 9.26. The number of ether oxygens (including phenoxy) is 2. The smallest absolute Gasteiger partial charge is 0.431 e.